The first kappa shape index (κ1) is 13.1. The maximum atomic E-state index is 13.8. The molecule has 0 radical (unpaired) electrons. The molecular formula is C13H15ClFN3. The summed E-state index contributed by atoms with van der Waals surface area (Å²) in [5, 5.41) is 4.94. The Morgan fingerprint density at radius 3 is 2.56 bits per heavy atom. The predicted octanol–water partition coefficient (Wildman–Crippen LogP) is 2.84. The van der Waals surface area contributed by atoms with E-state index in [9.17, 15) is 4.39 Å². The molecule has 0 aliphatic carbocycles. The molecule has 96 valence electrons. The van der Waals surface area contributed by atoms with Gasteiger partial charge in [0.1, 0.15) is 5.82 Å². The van der Waals surface area contributed by atoms with Crippen molar-refractivity contribution in [3.8, 4) is 0 Å². The Hall–Kier alpha value is -1.39. The quantitative estimate of drug-likeness (QED) is 0.929. The maximum Gasteiger partial charge on any atom is 0.128 e. The lowest BCUT2D eigenvalue weighted by Gasteiger charge is -2.18. The Morgan fingerprint density at radius 2 is 2.06 bits per heavy atom. The minimum atomic E-state index is -0.336. The molecule has 2 rings (SSSR count). The minimum Gasteiger partial charge on any atom is -0.328 e. The number of aromatic nitrogens is 2. The van der Waals surface area contributed by atoms with Crippen LogP contribution >= 0.6 is 11.6 Å². The van der Waals surface area contributed by atoms with E-state index in [0.717, 1.165) is 11.4 Å². The SMILES string of the molecule is Cc1nn(C(CN)c2ccccc2F)c(C)c1Cl. The molecule has 0 amide bonds. The van der Waals surface area contributed by atoms with E-state index in [1.165, 1.54) is 6.07 Å². The zero-order valence-corrected chi connectivity index (χ0v) is 11.1. The average Bonchev–Trinajstić information content (AvgIpc) is 2.61. The molecule has 0 fully saturated rings. The summed E-state index contributed by atoms with van der Waals surface area (Å²) in [6.45, 7) is 3.94. The third-order valence-corrected chi connectivity index (χ3v) is 3.57. The van der Waals surface area contributed by atoms with Crippen LogP contribution in [0.25, 0.3) is 0 Å². The third-order valence-electron chi connectivity index (χ3n) is 3.02. The van der Waals surface area contributed by atoms with Crippen molar-refractivity contribution in [2.24, 2.45) is 5.73 Å². The summed E-state index contributed by atoms with van der Waals surface area (Å²) in [6.07, 6.45) is 0. The maximum absolute atomic E-state index is 13.8. The summed E-state index contributed by atoms with van der Waals surface area (Å²) in [4.78, 5) is 0. The highest BCUT2D eigenvalue weighted by atomic mass is 35.5. The molecule has 0 aliphatic rings. The molecule has 1 aromatic heterocycles. The minimum absolute atomic E-state index is 0.263. The molecular weight excluding hydrogens is 253 g/mol. The van der Waals surface area contributed by atoms with Crippen LogP contribution in [0.1, 0.15) is 23.0 Å². The largest absolute Gasteiger partial charge is 0.328 e. The van der Waals surface area contributed by atoms with E-state index < -0.39 is 0 Å². The van der Waals surface area contributed by atoms with Crippen LogP contribution in [0.2, 0.25) is 5.02 Å². The molecule has 0 bridgehead atoms. The number of hydrogen-bond donors (Lipinski definition) is 1. The summed E-state index contributed by atoms with van der Waals surface area (Å²) in [7, 11) is 0. The van der Waals surface area contributed by atoms with Crippen LogP contribution in [0.15, 0.2) is 24.3 Å². The van der Waals surface area contributed by atoms with Gasteiger partial charge in [-0.1, -0.05) is 29.8 Å². The molecule has 0 aliphatic heterocycles. The first-order valence-corrected chi connectivity index (χ1v) is 6.09. The van der Waals surface area contributed by atoms with Gasteiger partial charge in [-0.25, -0.2) is 4.39 Å². The van der Waals surface area contributed by atoms with E-state index >= 15 is 0 Å². The van der Waals surface area contributed by atoms with Crippen LogP contribution in [0.5, 0.6) is 0 Å². The lowest BCUT2D eigenvalue weighted by molar-refractivity contribution is 0.487. The average molecular weight is 268 g/mol. The topological polar surface area (TPSA) is 43.8 Å². The fourth-order valence-electron chi connectivity index (χ4n) is 2.05. The molecule has 18 heavy (non-hydrogen) atoms. The van der Waals surface area contributed by atoms with Gasteiger partial charge in [0.05, 0.1) is 22.5 Å². The van der Waals surface area contributed by atoms with Crippen molar-refractivity contribution in [2.45, 2.75) is 19.9 Å². The Kier molecular flexibility index (Phi) is 3.68. The molecule has 0 spiro atoms. The predicted molar refractivity (Wildman–Crippen MR) is 70.3 cm³/mol. The van der Waals surface area contributed by atoms with Gasteiger partial charge in [0.2, 0.25) is 0 Å². The van der Waals surface area contributed by atoms with Crippen LogP contribution in [-0.2, 0) is 0 Å². The summed E-state index contributed by atoms with van der Waals surface area (Å²) < 4.78 is 15.5. The van der Waals surface area contributed by atoms with Crippen molar-refractivity contribution in [2.75, 3.05) is 6.54 Å². The highest BCUT2D eigenvalue weighted by Crippen LogP contribution is 2.26. The van der Waals surface area contributed by atoms with Crippen LogP contribution in [0, 0.1) is 19.7 Å². The van der Waals surface area contributed by atoms with E-state index in [-0.39, 0.29) is 18.4 Å². The van der Waals surface area contributed by atoms with E-state index in [1.54, 1.807) is 22.9 Å². The molecule has 0 saturated carbocycles. The van der Waals surface area contributed by atoms with Gasteiger partial charge in [0.15, 0.2) is 0 Å². The second-order valence-corrected chi connectivity index (χ2v) is 4.58. The first-order chi connectivity index (χ1) is 8.56. The molecule has 1 atom stereocenters. The zero-order valence-electron chi connectivity index (χ0n) is 10.3. The molecule has 1 unspecified atom stereocenters. The Labute approximate surface area is 110 Å². The third kappa shape index (κ3) is 2.13. The fraction of sp³-hybridized carbons (Fsp3) is 0.308. The normalized spacial score (nSPS) is 12.7. The number of nitrogens with two attached hydrogens (primary N) is 1. The van der Waals surface area contributed by atoms with Gasteiger partial charge >= 0.3 is 0 Å². The Balaban J connectivity index is 2.52. The zero-order chi connectivity index (χ0) is 13.3. The smallest absolute Gasteiger partial charge is 0.128 e. The van der Waals surface area contributed by atoms with Crippen LogP contribution in [0.4, 0.5) is 4.39 Å². The van der Waals surface area contributed by atoms with E-state index in [2.05, 4.69) is 5.10 Å². The Bertz CT molecular complexity index is 565. The van der Waals surface area contributed by atoms with E-state index in [0.29, 0.717) is 10.6 Å². The monoisotopic (exact) mass is 267 g/mol. The highest BCUT2D eigenvalue weighted by molar-refractivity contribution is 6.31. The molecule has 5 heteroatoms. The molecule has 0 saturated heterocycles. The number of halogens is 2. The lowest BCUT2D eigenvalue weighted by Crippen LogP contribution is -2.23. The van der Waals surface area contributed by atoms with Gasteiger partial charge in [0.25, 0.3) is 0 Å². The lowest BCUT2D eigenvalue weighted by atomic mass is 10.1. The summed E-state index contributed by atoms with van der Waals surface area (Å²) >= 11 is 6.11. The summed E-state index contributed by atoms with van der Waals surface area (Å²) in [5.41, 5.74) is 7.82. The van der Waals surface area contributed by atoms with Gasteiger partial charge in [0, 0.05) is 12.1 Å². The highest BCUT2D eigenvalue weighted by Gasteiger charge is 2.20. The van der Waals surface area contributed by atoms with E-state index in [4.69, 9.17) is 17.3 Å². The van der Waals surface area contributed by atoms with Crippen molar-refractivity contribution in [3.05, 3.63) is 52.1 Å². The number of hydrogen-bond acceptors (Lipinski definition) is 2. The number of rotatable bonds is 3. The van der Waals surface area contributed by atoms with Crippen LogP contribution in [0.3, 0.4) is 0 Å². The van der Waals surface area contributed by atoms with Crippen molar-refractivity contribution >= 4 is 11.6 Å². The molecule has 2 aromatic rings. The standard InChI is InChI=1S/C13H15ClFN3/c1-8-13(14)9(2)18(17-8)12(7-16)10-5-3-4-6-11(10)15/h3-6,12H,7,16H2,1-2H3. The van der Waals surface area contributed by atoms with Gasteiger partial charge in [-0.3, -0.25) is 4.68 Å². The molecule has 3 nitrogen and oxygen atoms in total. The summed E-state index contributed by atoms with van der Waals surface area (Å²) in [6, 6.07) is 6.25. The first-order valence-electron chi connectivity index (χ1n) is 5.72. The molecule has 1 aromatic carbocycles. The van der Waals surface area contributed by atoms with Crippen molar-refractivity contribution in [3.63, 3.8) is 0 Å². The van der Waals surface area contributed by atoms with Gasteiger partial charge in [-0.2, -0.15) is 5.10 Å². The number of benzene rings is 1. The molecule has 2 N–H and O–H groups in total. The second kappa shape index (κ2) is 5.08. The van der Waals surface area contributed by atoms with Gasteiger partial charge in [-0.05, 0) is 19.9 Å². The number of aryl methyl sites for hydroxylation is 1. The van der Waals surface area contributed by atoms with Gasteiger partial charge in [-0.15, -0.1) is 0 Å². The van der Waals surface area contributed by atoms with Gasteiger partial charge < -0.3 is 5.73 Å². The van der Waals surface area contributed by atoms with Crippen LogP contribution < -0.4 is 5.73 Å². The fourth-order valence-corrected chi connectivity index (χ4v) is 2.17. The van der Waals surface area contributed by atoms with Crippen molar-refractivity contribution in [1.29, 1.82) is 0 Å². The van der Waals surface area contributed by atoms with E-state index in [1.807, 2.05) is 13.8 Å². The second-order valence-electron chi connectivity index (χ2n) is 4.20. The number of nitrogens with zero attached hydrogens (tertiary/aromatic N) is 2. The van der Waals surface area contributed by atoms with Crippen molar-refractivity contribution in [1.82, 2.24) is 9.78 Å². The Morgan fingerprint density at radius 1 is 1.39 bits per heavy atom. The van der Waals surface area contributed by atoms with Crippen molar-refractivity contribution < 1.29 is 4.39 Å². The van der Waals surface area contributed by atoms with Crippen LogP contribution in [-0.4, -0.2) is 16.3 Å². The summed E-state index contributed by atoms with van der Waals surface area (Å²) in [5.74, 6) is -0.281. The molecule has 1 heterocycles.